The maximum Gasteiger partial charge on any atom is 0.306 e. The van der Waals surface area contributed by atoms with Crippen LogP contribution in [0, 0.1) is 0 Å². The minimum Gasteiger partial charge on any atom is -0.462 e. The lowest BCUT2D eigenvalue weighted by atomic mass is 10.0. The Labute approximate surface area is 476 Å². The summed E-state index contributed by atoms with van der Waals surface area (Å²) in [6, 6.07) is 0. The summed E-state index contributed by atoms with van der Waals surface area (Å²) in [6.45, 7) is 6.39. The SMILES string of the molecule is CC/C=C\C/C=C\C/C=C\C/C=C\C/C=C\CCCCCCCCCCCC(=O)OC(COC(=O)CCCCCCCCC)COC(=O)CCCCCCCCCCCCCCCC/C=C\C/C=C\C/C=C\C/C=C\CC. The molecule has 6 heteroatoms. The molecule has 0 aliphatic rings. The average Bonchev–Trinajstić information content (AvgIpc) is 3.43. The van der Waals surface area contributed by atoms with Crippen molar-refractivity contribution in [3.8, 4) is 0 Å². The molecule has 1 atom stereocenters. The second-order valence-corrected chi connectivity index (χ2v) is 21.3. The third kappa shape index (κ3) is 62.8. The van der Waals surface area contributed by atoms with Gasteiger partial charge in [0.2, 0.25) is 0 Å². The van der Waals surface area contributed by atoms with E-state index >= 15 is 0 Å². The second-order valence-electron chi connectivity index (χ2n) is 21.3. The minimum atomic E-state index is -0.780. The van der Waals surface area contributed by atoms with E-state index in [1.54, 1.807) is 0 Å². The van der Waals surface area contributed by atoms with E-state index in [4.69, 9.17) is 14.2 Å². The highest BCUT2D eigenvalue weighted by molar-refractivity contribution is 5.71. The van der Waals surface area contributed by atoms with Gasteiger partial charge in [-0.2, -0.15) is 0 Å². The molecule has 77 heavy (non-hydrogen) atoms. The summed E-state index contributed by atoms with van der Waals surface area (Å²) in [6.07, 6.45) is 88.4. The maximum absolute atomic E-state index is 12.9. The summed E-state index contributed by atoms with van der Waals surface area (Å²) >= 11 is 0. The molecule has 0 saturated heterocycles. The molecule has 6 nitrogen and oxygen atoms in total. The first-order chi connectivity index (χ1) is 38.0. The van der Waals surface area contributed by atoms with Crippen LogP contribution in [0.15, 0.2) is 109 Å². The van der Waals surface area contributed by atoms with Gasteiger partial charge in [0.1, 0.15) is 13.2 Å². The van der Waals surface area contributed by atoms with E-state index < -0.39 is 6.10 Å². The van der Waals surface area contributed by atoms with E-state index in [1.807, 2.05) is 0 Å². The standard InChI is InChI=1S/C71H120O6/c1-4-7-10-13-16-18-20-22-24-26-28-30-32-34-35-37-38-40-42-44-46-48-50-52-55-58-61-64-70(73)76-67-68(66-75-69(72)63-60-57-54-15-12-9-6-3)77-71(74)65-62-59-56-53-51-49-47-45-43-41-39-36-33-31-29-27-25-23-21-19-17-14-11-8-5-2/h7-8,10-11,16-19,22-25,28-31,36,39,68H,4-6,9,12-15,20-21,26-27,32-35,37-38,40-67H2,1-3H3/b10-7-,11-8-,18-16-,19-17-,24-22-,25-23-,30-28-,31-29-,39-36-. The van der Waals surface area contributed by atoms with Crippen molar-refractivity contribution in [1.29, 1.82) is 0 Å². The van der Waals surface area contributed by atoms with Crippen molar-refractivity contribution in [2.24, 2.45) is 0 Å². The molecule has 0 fully saturated rings. The molecule has 0 radical (unpaired) electrons. The van der Waals surface area contributed by atoms with Crippen molar-refractivity contribution < 1.29 is 28.6 Å². The molecule has 0 N–H and O–H groups in total. The van der Waals surface area contributed by atoms with E-state index in [0.29, 0.717) is 19.3 Å². The fourth-order valence-corrected chi connectivity index (χ4v) is 8.99. The monoisotopic (exact) mass is 1070 g/mol. The highest BCUT2D eigenvalue weighted by Gasteiger charge is 2.19. The topological polar surface area (TPSA) is 78.9 Å². The van der Waals surface area contributed by atoms with Crippen molar-refractivity contribution >= 4 is 17.9 Å². The van der Waals surface area contributed by atoms with E-state index in [-0.39, 0.29) is 31.1 Å². The summed E-state index contributed by atoms with van der Waals surface area (Å²) in [5.41, 5.74) is 0. The summed E-state index contributed by atoms with van der Waals surface area (Å²) in [7, 11) is 0. The van der Waals surface area contributed by atoms with Gasteiger partial charge in [-0.3, -0.25) is 14.4 Å². The molecule has 0 rings (SSSR count). The van der Waals surface area contributed by atoms with Crippen LogP contribution in [0.2, 0.25) is 0 Å². The molecule has 0 aliphatic carbocycles. The van der Waals surface area contributed by atoms with E-state index in [9.17, 15) is 14.4 Å². The van der Waals surface area contributed by atoms with Crippen LogP contribution in [0.3, 0.4) is 0 Å². The summed E-state index contributed by atoms with van der Waals surface area (Å²) in [4.78, 5) is 38.1. The highest BCUT2D eigenvalue weighted by atomic mass is 16.6. The van der Waals surface area contributed by atoms with Gasteiger partial charge in [0.15, 0.2) is 6.10 Å². The molecule has 0 spiro atoms. The Bertz CT molecular complexity index is 1560. The lowest BCUT2D eigenvalue weighted by Crippen LogP contribution is -2.30. The number of rotatable bonds is 58. The zero-order valence-corrected chi connectivity index (χ0v) is 50.4. The Hall–Kier alpha value is -3.93. The van der Waals surface area contributed by atoms with Gasteiger partial charge in [-0.25, -0.2) is 0 Å². The Kier molecular flexibility index (Phi) is 61.3. The third-order valence-electron chi connectivity index (χ3n) is 13.8. The van der Waals surface area contributed by atoms with Crippen molar-refractivity contribution in [1.82, 2.24) is 0 Å². The molecule has 0 aliphatic heterocycles. The molecular formula is C71H120O6. The van der Waals surface area contributed by atoms with Gasteiger partial charge in [0.05, 0.1) is 0 Å². The first-order valence-corrected chi connectivity index (χ1v) is 32.4. The molecule has 0 bridgehead atoms. The van der Waals surface area contributed by atoms with Gasteiger partial charge < -0.3 is 14.2 Å². The zero-order valence-electron chi connectivity index (χ0n) is 50.4. The number of allylic oxidation sites excluding steroid dienone is 18. The minimum absolute atomic E-state index is 0.0789. The van der Waals surface area contributed by atoms with Gasteiger partial charge in [0.25, 0.3) is 0 Å². The average molecular weight is 1070 g/mol. The van der Waals surface area contributed by atoms with E-state index in [0.717, 1.165) is 122 Å². The fourth-order valence-electron chi connectivity index (χ4n) is 8.99. The Morgan fingerprint density at radius 3 is 0.792 bits per heavy atom. The van der Waals surface area contributed by atoms with Crippen molar-refractivity contribution in [2.75, 3.05) is 13.2 Å². The molecular weight excluding hydrogens is 949 g/mol. The van der Waals surface area contributed by atoms with Crippen LogP contribution < -0.4 is 0 Å². The maximum atomic E-state index is 12.9. The number of unbranched alkanes of at least 4 members (excludes halogenated alkanes) is 29. The summed E-state index contributed by atoms with van der Waals surface area (Å²) in [5.74, 6) is -0.884. The number of carbonyl (C=O) groups is 3. The fraction of sp³-hybridized carbons (Fsp3) is 0.704. The van der Waals surface area contributed by atoms with Crippen LogP contribution in [0.1, 0.15) is 303 Å². The number of carbonyl (C=O) groups excluding carboxylic acids is 3. The quantitative estimate of drug-likeness (QED) is 0.0261. The molecule has 1 unspecified atom stereocenters. The third-order valence-corrected chi connectivity index (χ3v) is 13.8. The van der Waals surface area contributed by atoms with Crippen LogP contribution in [0.5, 0.6) is 0 Å². The largest absolute Gasteiger partial charge is 0.462 e. The Morgan fingerprint density at radius 1 is 0.273 bits per heavy atom. The smallest absolute Gasteiger partial charge is 0.306 e. The van der Waals surface area contributed by atoms with Gasteiger partial charge in [-0.1, -0.05) is 291 Å². The lowest BCUT2D eigenvalue weighted by Gasteiger charge is -2.18. The van der Waals surface area contributed by atoms with E-state index in [2.05, 4.69) is 130 Å². The van der Waals surface area contributed by atoms with Crippen molar-refractivity contribution in [3.05, 3.63) is 109 Å². The van der Waals surface area contributed by atoms with Crippen LogP contribution >= 0.6 is 0 Å². The Morgan fingerprint density at radius 2 is 0.506 bits per heavy atom. The molecule has 0 amide bonds. The first kappa shape index (κ1) is 73.1. The molecule has 0 aromatic rings. The van der Waals surface area contributed by atoms with Gasteiger partial charge >= 0.3 is 17.9 Å². The predicted molar refractivity (Wildman–Crippen MR) is 334 cm³/mol. The van der Waals surface area contributed by atoms with Gasteiger partial charge in [-0.15, -0.1) is 0 Å². The molecule has 440 valence electrons. The van der Waals surface area contributed by atoms with Crippen LogP contribution in [-0.4, -0.2) is 37.2 Å². The summed E-state index contributed by atoms with van der Waals surface area (Å²) in [5, 5.41) is 0. The lowest BCUT2D eigenvalue weighted by molar-refractivity contribution is -0.167. The Balaban J connectivity index is 4.14. The molecule has 0 saturated carbocycles. The number of ether oxygens (including phenoxy) is 3. The van der Waals surface area contributed by atoms with Gasteiger partial charge in [-0.05, 0) is 103 Å². The molecule has 0 aromatic carbocycles. The van der Waals surface area contributed by atoms with E-state index in [1.165, 1.54) is 141 Å². The summed E-state index contributed by atoms with van der Waals surface area (Å²) < 4.78 is 16.9. The zero-order chi connectivity index (χ0) is 55.7. The van der Waals surface area contributed by atoms with Crippen molar-refractivity contribution in [3.63, 3.8) is 0 Å². The number of hydrogen-bond acceptors (Lipinski definition) is 6. The van der Waals surface area contributed by atoms with Crippen LogP contribution in [-0.2, 0) is 28.6 Å². The highest BCUT2D eigenvalue weighted by Crippen LogP contribution is 2.16. The molecule has 0 aromatic heterocycles. The molecule has 0 heterocycles. The normalized spacial score (nSPS) is 12.8. The second kappa shape index (κ2) is 64.6. The van der Waals surface area contributed by atoms with Gasteiger partial charge in [0, 0.05) is 19.3 Å². The number of esters is 3. The van der Waals surface area contributed by atoms with Crippen LogP contribution in [0.4, 0.5) is 0 Å². The van der Waals surface area contributed by atoms with Crippen molar-refractivity contribution in [2.45, 2.75) is 309 Å². The first-order valence-electron chi connectivity index (χ1n) is 32.4. The number of hydrogen-bond donors (Lipinski definition) is 0. The van der Waals surface area contributed by atoms with Crippen LogP contribution in [0.25, 0.3) is 0 Å². The predicted octanol–water partition coefficient (Wildman–Crippen LogP) is 22.2.